The van der Waals surface area contributed by atoms with Crippen LogP contribution in [-0.4, -0.2) is 25.5 Å². The van der Waals surface area contributed by atoms with E-state index in [1.807, 2.05) is 60.9 Å². The lowest BCUT2D eigenvalue weighted by Crippen LogP contribution is -2.08. The second kappa shape index (κ2) is 7.74. The van der Waals surface area contributed by atoms with Crippen LogP contribution in [0.3, 0.4) is 0 Å². The van der Waals surface area contributed by atoms with Crippen molar-refractivity contribution in [2.75, 3.05) is 5.75 Å². The van der Waals surface area contributed by atoms with Gasteiger partial charge in [-0.05, 0) is 43.7 Å². The molecule has 0 N–H and O–H groups in total. The van der Waals surface area contributed by atoms with E-state index in [1.54, 1.807) is 18.0 Å². The first-order valence-electron chi connectivity index (χ1n) is 8.69. The number of benzene rings is 1. The first-order chi connectivity index (χ1) is 13.1. The third-order valence-corrected chi connectivity index (χ3v) is 6.74. The van der Waals surface area contributed by atoms with E-state index in [9.17, 15) is 4.79 Å². The largest absolute Gasteiger partial charge is 0.302 e. The Balaban J connectivity index is 1.51. The number of carbonyl (C=O) groups is 1. The number of thioether (sulfide) groups is 2. The number of aliphatic imine (C=N–C) groups is 1. The highest BCUT2D eigenvalue weighted by Crippen LogP contribution is 2.34. The van der Waals surface area contributed by atoms with E-state index < -0.39 is 0 Å². The molecule has 1 aromatic carbocycles. The number of hydrogen-bond donors (Lipinski definition) is 0. The fourth-order valence-corrected chi connectivity index (χ4v) is 5.12. The van der Waals surface area contributed by atoms with E-state index in [-0.39, 0.29) is 5.78 Å². The zero-order chi connectivity index (χ0) is 18.8. The number of rotatable bonds is 4. The summed E-state index contributed by atoms with van der Waals surface area (Å²) in [5.41, 5.74) is 4.96. The average Bonchev–Trinajstić information content (AvgIpc) is 3.01. The van der Waals surface area contributed by atoms with E-state index in [0.717, 1.165) is 38.6 Å². The number of fused-ring (bicyclic) bond motifs is 1. The Hall–Kier alpha value is -2.31. The maximum absolute atomic E-state index is 12.8. The highest BCUT2D eigenvalue weighted by Gasteiger charge is 2.19. The predicted octanol–water partition coefficient (Wildman–Crippen LogP) is 5.34. The summed E-state index contributed by atoms with van der Waals surface area (Å²) in [5.74, 6) is 2.26. The van der Waals surface area contributed by atoms with Crippen LogP contribution in [0.25, 0.3) is 5.82 Å². The third-order valence-electron chi connectivity index (χ3n) is 4.49. The van der Waals surface area contributed by atoms with Gasteiger partial charge in [0.1, 0.15) is 10.2 Å². The summed E-state index contributed by atoms with van der Waals surface area (Å²) in [6.07, 6.45) is 1.77. The molecule has 1 aliphatic rings. The molecule has 0 spiro atoms. The average molecular weight is 394 g/mol. The van der Waals surface area contributed by atoms with E-state index >= 15 is 0 Å². The molecular formula is C21H19N3OS2. The molecule has 0 saturated carbocycles. The van der Waals surface area contributed by atoms with Crippen LogP contribution in [0.15, 0.2) is 59.7 Å². The summed E-state index contributed by atoms with van der Waals surface area (Å²) in [6, 6.07) is 15.9. The van der Waals surface area contributed by atoms with Crippen molar-refractivity contribution in [3.05, 3.63) is 77.2 Å². The van der Waals surface area contributed by atoms with Crippen LogP contribution in [0.5, 0.6) is 0 Å². The van der Waals surface area contributed by atoms with Gasteiger partial charge in [0.25, 0.3) is 0 Å². The van der Waals surface area contributed by atoms with Crippen molar-refractivity contribution in [3.8, 4) is 5.82 Å². The summed E-state index contributed by atoms with van der Waals surface area (Å²) in [4.78, 5) is 21.9. The van der Waals surface area contributed by atoms with Crippen molar-refractivity contribution in [2.45, 2.75) is 19.6 Å². The summed E-state index contributed by atoms with van der Waals surface area (Å²) in [6.45, 7) is 3.98. The number of nitrogens with zero attached hydrogens (tertiary/aromatic N) is 3. The van der Waals surface area contributed by atoms with Gasteiger partial charge in [0.15, 0.2) is 5.78 Å². The minimum Gasteiger partial charge on any atom is -0.302 e. The van der Waals surface area contributed by atoms with Crippen LogP contribution in [0.1, 0.15) is 27.3 Å². The monoisotopic (exact) mass is 393 g/mol. The zero-order valence-corrected chi connectivity index (χ0v) is 16.8. The number of ketones is 1. The first kappa shape index (κ1) is 18.1. The Bertz CT molecular complexity index is 1030. The summed E-state index contributed by atoms with van der Waals surface area (Å²) >= 11 is 3.22. The molecule has 0 fully saturated rings. The Morgan fingerprint density at radius 1 is 1.19 bits per heavy atom. The third kappa shape index (κ3) is 3.73. The molecule has 0 aliphatic carbocycles. The maximum Gasteiger partial charge on any atom is 0.174 e. The molecule has 1 aliphatic heterocycles. The quantitative estimate of drug-likeness (QED) is 0.561. The Labute approximate surface area is 167 Å². The molecule has 27 heavy (non-hydrogen) atoms. The zero-order valence-electron chi connectivity index (χ0n) is 15.2. The molecule has 0 bridgehead atoms. The summed E-state index contributed by atoms with van der Waals surface area (Å²) < 4.78 is 2.99. The fourth-order valence-electron chi connectivity index (χ4n) is 3.17. The van der Waals surface area contributed by atoms with Crippen LogP contribution in [-0.2, 0) is 5.75 Å². The van der Waals surface area contributed by atoms with E-state index in [0.29, 0.717) is 5.75 Å². The van der Waals surface area contributed by atoms with Crippen molar-refractivity contribution < 1.29 is 4.79 Å². The number of carbonyl (C=O) groups excluding carboxylic acids is 1. The van der Waals surface area contributed by atoms with Gasteiger partial charge < -0.3 is 4.57 Å². The van der Waals surface area contributed by atoms with Gasteiger partial charge in [-0.1, -0.05) is 47.8 Å². The number of aromatic nitrogens is 2. The molecule has 6 heteroatoms. The minimum atomic E-state index is 0.123. The van der Waals surface area contributed by atoms with Crippen LogP contribution >= 0.6 is 23.5 Å². The molecule has 0 amide bonds. The Morgan fingerprint density at radius 3 is 2.81 bits per heavy atom. The second-order valence-electron chi connectivity index (χ2n) is 6.32. The van der Waals surface area contributed by atoms with Gasteiger partial charge in [0.2, 0.25) is 0 Å². The highest BCUT2D eigenvalue weighted by molar-refractivity contribution is 8.38. The molecule has 0 unspecified atom stereocenters. The van der Waals surface area contributed by atoms with Crippen molar-refractivity contribution in [1.82, 2.24) is 9.55 Å². The Kier molecular flexibility index (Phi) is 5.18. The highest BCUT2D eigenvalue weighted by atomic mass is 32.2. The molecule has 4 nitrogen and oxygen atoms in total. The van der Waals surface area contributed by atoms with E-state index in [2.05, 4.69) is 16.0 Å². The molecule has 136 valence electrons. The molecular weight excluding hydrogens is 374 g/mol. The summed E-state index contributed by atoms with van der Waals surface area (Å²) in [5, 5.41) is 0. The number of Topliss-reactive ketones (excluding diaryl/α,β-unsaturated/α-hetero) is 1. The lowest BCUT2D eigenvalue weighted by Gasteiger charge is -2.14. The number of para-hydroxylation sites is 1. The first-order valence-corrected chi connectivity index (χ1v) is 10.7. The molecule has 3 aromatic rings. The molecule has 3 heterocycles. The lowest BCUT2D eigenvalue weighted by atomic mass is 10.2. The van der Waals surface area contributed by atoms with Gasteiger partial charge >= 0.3 is 0 Å². The van der Waals surface area contributed by atoms with Crippen LogP contribution in [0.2, 0.25) is 0 Å². The summed E-state index contributed by atoms with van der Waals surface area (Å²) in [7, 11) is 0. The van der Waals surface area contributed by atoms with Gasteiger partial charge in [0.05, 0.1) is 11.4 Å². The van der Waals surface area contributed by atoms with Crippen LogP contribution in [0, 0.1) is 13.8 Å². The van der Waals surface area contributed by atoms with Gasteiger partial charge in [-0.25, -0.2) is 9.98 Å². The minimum absolute atomic E-state index is 0.123. The van der Waals surface area contributed by atoms with Gasteiger partial charge in [-0.15, -0.1) is 0 Å². The molecule has 0 radical (unpaired) electrons. The van der Waals surface area contributed by atoms with Crippen molar-refractivity contribution in [1.29, 1.82) is 0 Å². The van der Waals surface area contributed by atoms with Crippen molar-refractivity contribution in [2.24, 2.45) is 4.99 Å². The lowest BCUT2D eigenvalue weighted by molar-refractivity contribution is 0.102. The molecule has 0 saturated heterocycles. The molecule has 2 aromatic heterocycles. The maximum atomic E-state index is 12.8. The number of hydrogen-bond acceptors (Lipinski definition) is 5. The van der Waals surface area contributed by atoms with E-state index in [4.69, 9.17) is 0 Å². The molecule has 0 atom stereocenters. The van der Waals surface area contributed by atoms with E-state index in [1.165, 1.54) is 17.3 Å². The van der Waals surface area contributed by atoms with Gasteiger partial charge in [-0.3, -0.25) is 4.79 Å². The smallest absolute Gasteiger partial charge is 0.174 e. The fraction of sp³-hybridized carbons (Fsp3) is 0.190. The number of aryl methyl sites for hydroxylation is 1. The topological polar surface area (TPSA) is 47.2 Å². The second-order valence-corrected chi connectivity index (χ2v) is 8.50. The van der Waals surface area contributed by atoms with Crippen LogP contribution in [0.4, 0.5) is 5.69 Å². The standard InChI is InChI=1S/C21H19N3OS2/c1-14-11-17(15(2)24(14)20-9-5-6-10-22-20)19(25)13-27-21-23-18-8-4-3-7-16(18)12-26-21/h3-11H,12-13H2,1-2H3. The van der Waals surface area contributed by atoms with Gasteiger partial charge in [0, 0.05) is 28.9 Å². The molecule has 4 rings (SSSR count). The van der Waals surface area contributed by atoms with Crippen LogP contribution < -0.4 is 0 Å². The SMILES string of the molecule is Cc1cc(C(=O)CSC2=Nc3ccccc3CS2)c(C)n1-c1ccccn1. The van der Waals surface area contributed by atoms with Gasteiger partial charge in [-0.2, -0.15) is 0 Å². The predicted molar refractivity (Wildman–Crippen MR) is 115 cm³/mol. The Morgan fingerprint density at radius 2 is 2.00 bits per heavy atom. The number of pyridine rings is 1. The normalized spacial score (nSPS) is 13.2. The van der Waals surface area contributed by atoms with Crippen molar-refractivity contribution >= 4 is 39.4 Å². The van der Waals surface area contributed by atoms with Crippen molar-refractivity contribution in [3.63, 3.8) is 0 Å².